The van der Waals surface area contributed by atoms with Crippen molar-refractivity contribution in [1.82, 2.24) is 9.55 Å². The third kappa shape index (κ3) is 3.46. The lowest BCUT2D eigenvalue weighted by molar-refractivity contribution is 0.213. The minimum atomic E-state index is 0.305. The highest BCUT2D eigenvalue weighted by atomic mass is 15.1. The number of fused-ring (bicyclic) bond motifs is 1. The number of aryl methyl sites for hydroxylation is 3. The van der Waals surface area contributed by atoms with Crippen LogP contribution in [0.4, 0.5) is 0 Å². The standard InChI is InChI=1S/C18H29N3/c1-13-7-6-8-15-17(13)21(5)16(20-15)10-9-14(11-12-19)18(2,3)4/h6-8,14H,9-12,19H2,1-5H3. The second kappa shape index (κ2) is 6.18. The zero-order valence-electron chi connectivity index (χ0n) is 14.1. The molecular weight excluding hydrogens is 258 g/mol. The normalized spacial score (nSPS) is 13.8. The Labute approximate surface area is 128 Å². The summed E-state index contributed by atoms with van der Waals surface area (Å²) in [5, 5.41) is 0. The second-order valence-corrected chi connectivity index (χ2v) is 7.21. The first kappa shape index (κ1) is 16.0. The van der Waals surface area contributed by atoms with E-state index in [2.05, 4.69) is 57.5 Å². The number of rotatable bonds is 5. The molecule has 21 heavy (non-hydrogen) atoms. The summed E-state index contributed by atoms with van der Waals surface area (Å²) in [6.07, 6.45) is 3.26. The lowest BCUT2D eigenvalue weighted by Crippen LogP contribution is -2.24. The Balaban J connectivity index is 2.20. The van der Waals surface area contributed by atoms with Crippen LogP contribution in [0.2, 0.25) is 0 Å². The smallest absolute Gasteiger partial charge is 0.109 e. The maximum absolute atomic E-state index is 5.79. The highest BCUT2D eigenvalue weighted by molar-refractivity contribution is 5.79. The zero-order valence-corrected chi connectivity index (χ0v) is 14.1. The topological polar surface area (TPSA) is 43.8 Å². The van der Waals surface area contributed by atoms with Gasteiger partial charge in [-0.15, -0.1) is 0 Å². The molecule has 1 heterocycles. The maximum atomic E-state index is 5.79. The molecule has 0 fully saturated rings. The van der Waals surface area contributed by atoms with Crippen molar-refractivity contribution in [2.75, 3.05) is 6.54 Å². The van der Waals surface area contributed by atoms with Gasteiger partial charge in [-0.2, -0.15) is 0 Å². The van der Waals surface area contributed by atoms with Gasteiger partial charge in [0.2, 0.25) is 0 Å². The molecule has 0 aliphatic rings. The molecule has 0 aliphatic carbocycles. The maximum Gasteiger partial charge on any atom is 0.109 e. The predicted octanol–water partition coefficient (Wildman–Crippen LogP) is 3.83. The van der Waals surface area contributed by atoms with Gasteiger partial charge in [0.1, 0.15) is 5.82 Å². The van der Waals surface area contributed by atoms with E-state index in [1.54, 1.807) is 0 Å². The van der Waals surface area contributed by atoms with Gasteiger partial charge < -0.3 is 10.3 Å². The number of benzene rings is 1. The molecule has 0 amide bonds. The molecule has 0 spiro atoms. The van der Waals surface area contributed by atoms with Crippen molar-refractivity contribution in [2.45, 2.75) is 47.0 Å². The summed E-state index contributed by atoms with van der Waals surface area (Å²) < 4.78 is 2.26. The third-order valence-corrected chi connectivity index (χ3v) is 4.64. The number of imidazole rings is 1. The minimum absolute atomic E-state index is 0.305. The Morgan fingerprint density at radius 3 is 2.52 bits per heavy atom. The SMILES string of the molecule is Cc1cccc2nc(CCC(CCN)C(C)(C)C)n(C)c12. The molecule has 1 aromatic carbocycles. The molecule has 3 heteroatoms. The molecule has 2 N–H and O–H groups in total. The number of hydrogen-bond acceptors (Lipinski definition) is 2. The van der Waals surface area contributed by atoms with Gasteiger partial charge in [0.25, 0.3) is 0 Å². The fourth-order valence-corrected chi connectivity index (χ4v) is 3.25. The van der Waals surface area contributed by atoms with Crippen LogP contribution in [0.25, 0.3) is 11.0 Å². The molecular formula is C18H29N3. The van der Waals surface area contributed by atoms with Gasteiger partial charge in [0, 0.05) is 13.5 Å². The van der Waals surface area contributed by atoms with Crippen molar-refractivity contribution in [3.63, 3.8) is 0 Å². The van der Waals surface area contributed by atoms with E-state index in [0.29, 0.717) is 11.3 Å². The van der Waals surface area contributed by atoms with Crippen LogP contribution < -0.4 is 5.73 Å². The monoisotopic (exact) mass is 287 g/mol. The van der Waals surface area contributed by atoms with Gasteiger partial charge in [0.15, 0.2) is 0 Å². The van der Waals surface area contributed by atoms with Crippen LogP contribution in [0, 0.1) is 18.3 Å². The van der Waals surface area contributed by atoms with Crippen molar-refractivity contribution in [3.05, 3.63) is 29.6 Å². The predicted molar refractivity (Wildman–Crippen MR) is 90.4 cm³/mol. The molecule has 0 saturated heterocycles. The fourth-order valence-electron chi connectivity index (χ4n) is 3.25. The number of hydrogen-bond donors (Lipinski definition) is 1. The van der Waals surface area contributed by atoms with E-state index in [1.807, 2.05) is 0 Å². The van der Waals surface area contributed by atoms with E-state index in [-0.39, 0.29) is 0 Å². The first-order chi connectivity index (χ1) is 9.84. The minimum Gasteiger partial charge on any atom is -0.331 e. The van der Waals surface area contributed by atoms with Crippen molar-refractivity contribution in [2.24, 2.45) is 24.1 Å². The van der Waals surface area contributed by atoms with Crippen molar-refractivity contribution >= 4 is 11.0 Å². The van der Waals surface area contributed by atoms with Crippen LogP contribution >= 0.6 is 0 Å². The van der Waals surface area contributed by atoms with E-state index in [9.17, 15) is 0 Å². The lowest BCUT2D eigenvalue weighted by Gasteiger charge is -2.30. The van der Waals surface area contributed by atoms with E-state index in [0.717, 1.165) is 31.3 Å². The number of aromatic nitrogens is 2. The first-order valence-electron chi connectivity index (χ1n) is 7.95. The Morgan fingerprint density at radius 1 is 1.24 bits per heavy atom. The number of para-hydroxylation sites is 1. The molecule has 1 unspecified atom stereocenters. The molecule has 0 bridgehead atoms. The van der Waals surface area contributed by atoms with E-state index < -0.39 is 0 Å². The molecule has 1 atom stereocenters. The summed E-state index contributed by atoms with van der Waals surface area (Å²) in [5.41, 5.74) is 9.76. The fraction of sp³-hybridized carbons (Fsp3) is 0.611. The van der Waals surface area contributed by atoms with Crippen LogP contribution in [-0.2, 0) is 13.5 Å². The summed E-state index contributed by atoms with van der Waals surface area (Å²) >= 11 is 0. The zero-order chi connectivity index (χ0) is 15.6. The quantitative estimate of drug-likeness (QED) is 0.908. The van der Waals surface area contributed by atoms with Crippen molar-refractivity contribution in [1.29, 1.82) is 0 Å². The summed E-state index contributed by atoms with van der Waals surface area (Å²) in [6.45, 7) is 9.86. The van der Waals surface area contributed by atoms with Gasteiger partial charge in [-0.3, -0.25) is 0 Å². The molecule has 2 rings (SSSR count). The van der Waals surface area contributed by atoms with Crippen LogP contribution in [0.15, 0.2) is 18.2 Å². The molecule has 3 nitrogen and oxygen atoms in total. The largest absolute Gasteiger partial charge is 0.331 e. The van der Waals surface area contributed by atoms with Crippen LogP contribution in [-0.4, -0.2) is 16.1 Å². The molecule has 1 aromatic heterocycles. The number of nitrogens with two attached hydrogens (primary N) is 1. The van der Waals surface area contributed by atoms with Crippen LogP contribution in [0.3, 0.4) is 0 Å². The average Bonchev–Trinajstić information content (AvgIpc) is 2.71. The van der Waals surface area contributed by atoms with Crippen LogP contribution in [0.5, 0.6) is 0 Å². The van der Waals surface area contributed by atoms with Crippen LogP contribution in [0.1, 0.15) is 45.0 Å². The Bertz CT molecular complexity index is 605. The van der Waals surface area contributed by atoms with Gasteiger partial charge >= 0.3 is 0 Å². The van der Waals surface area contributed by atoms with Gasteiger partial charge in [0.05, 0.1) is 11.0 Å². The Kier molecular flexibility index (Phi) is 4.72. The summed E-state index contributed by atoms with van der Waals surface area (Å²) in [7, 11) is 2.13. The van der Waals surface area contributed by atoms with Gasteiger partial charge in [-0.05, 0) is 49.3 Å². The summed E-state index contributed by atoms with van der Waals surface area (Å²) in [5.74, 6) is 1.83. The summed E-state index contributed by atoms with van der Waals surface area (Å²) in [4.78, 5) is 4.82. The summed E-state index contributed by atoms with van der Waals surface area (Å²) in [6, 6.07) is 6.34. The molecule has 116 valence electrons. The van der Waals surface area contributed by atoms with E-state index in [4.69, 9.17) is 10.7 Å². The van der Waals surface area contributed by atoms with Crippen molar-refractivity contribution in [3.8, 4) is 0 Å². The van der Waals surface area contributed by atoms with Crippen molar-refractivity contribution < 1.29 is 0 Å². The lowest BCUT2D eigenvalue weighted by atomic mass is 9.76. The molecule has 0 aliphatic heterocycles. The molecule has 0 radical (unpaired) electrons. The second-order valence-electron chi connectivity index (χ2n) is 7.21. The third-order valence-electron chi connectivity index (χ3n) is 4.64. The Morgan fingerprint density at radius 2 is 1.95 bits per heavy atom. The van der Waals surface area contributed by atoms with Gasteiger partial charge in [-0.25, -0.2) is 4.98 Å². The number of nitrogens with zero attached hydrogens (tertiary/aromatic N) is 2. The van der Waals surface area contributed by atoms with E-state index in [1.165, 1.54) is 16.9 Å². The molecule has 0 saturated carbocycles. The highest BCUT2D eigenvalue weighted by Crippen LogP contribution is 2.32. The first-order valence-corrected chi connectivity index (χ1v) is 7.95. The van der Waals surface area contributed by atoms with E-state index >= 15 is 0 Å². The van der Waals surface area contributed by atoms with Gasteiger partial charge in [-0.1, -0.05) is 32.9 Å². The highest BCUT2D eigenvalue weighted by Gasteiger charge is 2.24. The average molecular weight is 287 g/mol. The Hall–Kier alpha value is -1.35. The molecule has 2 aromatic rings.